The first kappa shape index (κ1) is 11.2. The van der Waals surface area contributed by atoms with E-state index in [9.17, 15) is 4.79 Å². The van der Waals surface area contributed by atoms with Crippen LogP contribution in [0.1, 0.15) is 26.7 Å². The minimum Gasteiger partial charge on any atom is -0.465 e. The molecule has 0 saturated heterocycles. The van der Waals surface area contributed by atoms with Crippen molar-refractivity contribution in [3.8, 4) is 0 Å². The van der Waals surface area contributed by atoms with Gasteiger partial charge in [-0.25, -0.2) is 4.79 Å². The molecule has 12 heavy (non-hydrogen) atoms. The highest BCUT2D eigenvalue weighted by atomic mass is 16.4. The summed E-state index contributed by atoms with van der Waals surface area (Å²) in [5.41, 5.74) is 0. The number of aliphatic hydroxyl groups excluding tert-OH is 1. The summed E-state index contributed by atoms with van der Waals surface area (Å²) in [5.74, 6) is 0.537. The molecule has 1 atom stereocenters. The Morgan fingerprint density at radius 2 is 2.00 bits per heavy atom. The number of nitrogens with one attached hydrogen (secondary N) is 1. The predicted molar refractivity (Wildman–Crippen MR) is 46.1 cm³/mol. The highest BCUT2D eigenvalue weighted by molar-refractivity contribution is 5.64. The van der Waals surface area contributed by atoms with Crippen LogP contribution < -0.4 is 5.32 Å². The van der Waals surface area contributed by atoms with Crippen LogP contribution in [0.5, 0.6) is 0 Å². The van der Waals surface area contributed by atoms with E-state index < -0.39 is 6.09 Å². The molecule has 0 radical (unpaired) electrons. The summed E-state index contributed by atoms with van der Waals surface area (Å²) in [6.45, 7) is 4.00. The van der Waals surface area contributed by atoms with E-state index in [1.807, 2.05) is 0 Å². The van der Waals surface area contributed by atoms with Crippen LogP contribution in [0.15, 0.2) is 0 Å². The lowest BCUT2D eigenvalue weighted by molar-refractivity contribution is 0.174. The summed E-state index contributed by atoms with van der Waals surface area (Å²) < 4.78 is 0. The van der Waals surface area contributed by atoms with E-state index >= 15 is 0 Å². The van der Waals surface area contributed by atoms with Crippen LogP contribution in [0, 0.1) is 5.92 Å². The number of aliphatic hydroxyl groups is 1. The van der Waals surface area contributed by atoms with Crippen LogP contribution in [-0.2, 0) is 0 Å². The van der Waals surface area contributed by atoms with Gasteiger partial charge in [0.2, 0.25) is 0 Å². The van der Waals surface area contributed by atoms with Crippen molar-refractivity contribution in [2.75, 3.05) is 6.61 Å². The van der Waals surface area contributed by atoms with Crippen molar-refractivity contribution in [1.82, 2.24) is 5.32 Å². The van der Waals surface area contributed by atoms with E-state index in [-0.39, 0.29) is 12.6 Å². The van der Waals surface area contributed by atoms with Gasteiger partial charge in [-0.3, -0.25) is 0 Å². The largest absolute Gasteiger partial charge is 0.465 e. The van der Waals surface area contributed by atoms with E-state index in [1.54, 1.807) is 0 Å². The average Bonchev–Trinajstić information content (AvgIpc) is 1.97. The van der Waals surface area contributed by atoms with Crippen LogP contribution in [-0.4, -0.2) is 29.0 Å². The molecule has 0 bridgehead atoms. The molecule has 0 aromatic rings. The third-order valence-corrected chi connectivity index (χ3v) is 1.64. The van der Waals surface area contributed by atoms with Gasteiger partial charge in [0.05, 0.1) is 12.6 Å². The quantitative estimate of drug-likeness (QED) is 0.585. The zero-order valence-corrected chi connectivity index (χ0v) is 7.58. The second-order valence-corrected chi connectivity index (χ2v) is 3.30. The second kappa shape index (κ2) is 5.83. The van der Waals surface area contributed by atoms with Crippen LogP contribution in [0.3, 0.4) is 0 Å². The lowest BCUT2D eigenvalue weighted by atomic mass is 10.0. The Morgan fingerprint density at radius 3 is 2.33 bits per heavy atom. The monoisotopic (exact) mass is 175 g/mol. The van der Waals surface area contributed by atoms with Crippen molar-refractivity contribution in [3.05, 3.63) is 0 Å². The fraction of sp³-hybridized carbons (Fsp3) is 0.875. The predicted octanol–water partition coefficient (Wildman–Crippen LogP) is 1.05. The third-order valence-electron chi connectivity index (χ3n) is 1.64. The standard InChI is InChI=1S/C8H17NO3/c1-6(2)3-4-7(5-10)9-8(11)12/h6-7,9-10H,3-5H2,1-2H3,(H,11,12). The molecule has 0 aromatic heterocycles. The average molecular weight is 175 g/mol. The Labute approximate surface area is 72.6 Å². The molecular weight excluding hydrogens is 158 g/mol. The van der Waals surface area contributed by atoms with Gasteiger partial charge < -0.3 is 15.5 Å². The van der Waals surface area contributed by atoms with Crippen LogP contribution in [0.25, 0.3) is 0 Å². The summed E-state index contributed by atoms with van der Waals surface area (Å²) in [7, 11) is 0. The lowest BCUT2D eigenvalue weighted by Gasteiger charge is -2.14. The Bertz CT molecular complexity index is 136. The number of carbonyl (C=O) groups is 1. The smallest absolute Gasteiger partial charge is 0.404 e. The van der Waals surface area contributed by atoms with Gasteiger partial charge in [-0.05, 0) is 18.8 Å². The maximum absolute atomic E-state index is 10.2. The molecule has 0 heterocycles. The van der Waals surface area contributed by atoms with Gasteiger partial charge in [0, 0.05) is 0 Å². The highest BCUT2D eigenvalue weighted by Crippen LogP contribution is 2.06. The maximum atomic E-state index is 10.2. The van der Waals surface area contributed by atoms with Crippen LogP contribution >= 0.6 is 0 Å². The Kier molecular flexibility index (Phi) is 5.45. The fourth-order valence-electron chi connectivity index (χ4n) is 0.918. The van der Waals surface area contributed by atoms with E-state index in [2.05, 4.69) is 19.2 Å². The molecule has 0 spiro atoms. The summed E-state index contributed by atoms with van der Waals surface area (Å²) in [5, 5.41) is 19.4. The molecule has 0 aliphatic rings. The van der Waals surface area contributed by atoms with E-state index in [0.29, 0.717) is 12.3 Å². The van der Waals surface area contributed by atoms with Crippen LogP contribution in [0.2, 0.25) is 0 Å². The van der Waals surface area contributed by atoms with Crippen molar-refractivity contribution >= 4 is 6.09 Å². The molecule has 4 nitrogen and oxygen atoms in total. The second-order valence-electron chi connectivity index (χ2n) is 3.30. The molecule has 0 fully saturated rings. The molecule has 0 rings (SSSR count). The molecule has 0 aromatic carbocycles. The van der Waals surface area contributed by atoms with Gasteiger partial charge in [0.25, 0.3) is 0 Å². The van der Waals surface area contributed by atoms with Crippen molar-refractivity contribution < 1.29 is 15.0 Å². The molecule has 0 aliphatic carbocycles. The summed E-state index contributed by atoms with van der Waals surface area (Å²) in [6, 6.07) is -0.315. The highest BCUT2D eigenvalue weighted by Gasteiger charge is 2.09. The third kappa shape index (κ3) is 5.97. The molecular formula is C8H17NO3. The topological polar surface area (TPSA) is 69.6 Å². The Balaban J connectivity index is 3.60. The zero-order valence-electron chi connectivity index (χ0n) is 7.58. The van der Waals surface area contributed by atoms with Crippen molar-refractivity contribution in [1.29, 1.82) is 0 Å². The summed E-state index contributed by atoms with van der Waals surface area (Å²) in [4.78, 5) is 10.2. The van der Waals surface area contributed by atoms with Crippen LogP contribution in [0.4, 0.5) is 4.79 Å². The molecule has 4 heteroatoms. The van der Waals surface area contributed by atoms with Crippen molar-refractivity contribution in [2.45, 2.75) is 32.7 Å². The first-order valence-corrected chi connectivity index (χ1v) is 4.16. The fourth-order valence-corrected chi connectivity index (χ4v) is 0.918. The Hall–Kier alpha value is -0.770. The molecule has 3 N–H and O–H groups in total. The Morgan fingerprint density at radius 1 is 1.42 bits per heavy atom. The molecule has 72 valence electrons. The van der Waals surface area contributed by atoms with E-state index in [1.165, 1.54) is 0 Å². The van der Waals surface area contributed by atoms with Gasteiger partial charge in [0.15, 0.2) is 0 Å². The van der Waals surface area contributed by atoms with Gasteiger partial charge in [0.1, 0.15) is 0 Å². The maximum Gasteiger partial charge on any atom is 0.404 e. The normalized spacial score (nSPS) is 13.0. The van der Waals surface area contributed by atoms with Crippen molar-refractivity contribution in [3.63, 3.8) is 0 Å². The van der Waals surface area contributed by atoms with Gasteiger partial charge in [-0.15, -0.1) is 0 Å². The number of rotatable bonds is 5. The molecule has 1 unspecified atom stereocenters. The van der Waals surface area contributed by atoms with Crippen molar-refractivity contribution in [2.24, 2.45) is 5.92 Å². The van der Waals surface area contributed by atoms with Gasteiger partial charge in [-0.2, -0.15) is 0 Å². The molecule has 1 amide bonds. The molecule has 0 saturated carbocycles. The lowest BCUT2D eigenvalue weighted by Crippen LogP contribution is -2.36. The van der Waals surface area contributed by atoms with E-state index in [0.717, 1.165) is 6.42 Å². The van der Waals surface area contributed by atoms with Gasteiger partial charge >= 0.3 is 6.09 Å². The first-order chi connectivity index (χ1) is 5.56. The summed E-state index contributed by atoms with van der Waals surface area (Å²) >= 11 is 0. The minimum atomic E-state index is -1.07. The van der Waals surface area contributed by atoms with E-state index in [4.69, 9.17) is 10.2 Å². The number of amides is 1. The number of hydrogen-bond donors (Lipinski definition) is 3. The molecule has 0 aliphatic heterocycles. The zero-order chi connectivity index (χ0) is 9.56. The minimum absolute atomic E-state index is 0.126. The number of carboxylic acid groups (broad SMARTS) is 1. The first-order valence-electron chi connectivity index (χ1n) is 4.16. The number of hydrogen-bond acceptors (Lipinski definition) is 2. The summed E-state index contributed by atoms with van der Waals surface area (Å²) in [6.07, 6.45) is 0.546. The van der Waals surface area contributed by atoms with Gasteiger partial charge in [-0.1, -0.05) is 13.8 Å². The SMILES string of the molecule is CC(C)CCC(CO)NC(=O)O.